The molecule has 6 heteroatoms. The smallest absolute Gasteiger partial charge is 0.124 e. The molecule has 200 valence electrons. The van der Waals surface area contributed by atoms with Gasteiger partial charge in [-0.1, -0.05) is 19.3 Å². The first-order chi connectivity index (χ1) is 16.9. The number of rotatable bonds is 10. The number of hydrogen-bond acceptors (Lipinski definition) is 6. The van der Waals surface area contributed by atoms with E-state index in [-0.39, 0.29) is 5.41 Å². The molecule has 36 heavy (non-hydrogen) atoms. The van der Waals surface area contributed by atoms with Crippen LogP contribution in [0.3, 0.4) is 0 Å². The highest BCUT2D eigenvalue weighted by molar-refractivity contribution is 5.53. The number of hydrogen-bond donors (Lipinski definition) is 2. The molecule has 0 unspecified atom stereocenters. The van der Waals surface area contributed by atoms with Crippen molar-refractivity contribution in [2.75, 3.05) is 56.4 Å². The van der Waals surface area contributed by atoms with Crippen LogP contribution in [0.4, 0.5) is 0 Å². The summed E-state index contributed by atoms with van der Waals surface area (Å²) in [6.07, 6.45) is 5.77. The van der Waals surface area contributed by atoms with Crippen LogP contribution >= 0.6 is 0 Å². The summed E-state index contributed by atoms with van der Waals surface area (Å²) in [5.41, 5.74) is 6.40. The molecule has 0 aliphatic heterocycles. The molecule has 0 atom stereocenters. The number of phenols is 2. The number of aromatic hydroxyl groups is 2. The van der Waals surface area contributed by atoms with Gasteiger partial charge in [0.2, 0.25) is 0 Å². The molecule has 0 amide bonds. The van der Waals surface area contributed by atoms with Crippen LogP contribution in [0, 0.1) is 0 Å². The van der Waals surface area contributed by atoms with Crippen LogP contribution < -0.4 is 0 Å². The third kappa shape index (κ3) is 6.60. The topological polar surface area (TPSA) is 53.4 Å². The summed E-state index contributed by atoms with van der Waals surface area (Å²) in [4.78, 5) is 8.49. The van der Waals surface area contributed by atoms with Crippen LogP contribution in [0.25, 0.3) is 0 Å². The van der Waals surface area contributed by atoms with Crippen molar-refractivity contribution < 1.29 is 10.2 Å². The van der Waals surface area contributed by atoms with Crippen molar-refractivity contribution in [2.24, 2.45) is 0 Å². The zero-order chi connectivity index (χ0) is 26.6. The van der Waals surface area contributed by atoms with Gasteiger partial charge in [-0.2, -0.15) is 0 Å². The fraction of sp³-hybridized carbons (Fsp3) is 0.600. The highest BCUT2D eigenvalue weighted by Crippen LogP contribution is 2.48. The molecule has 0 saturated heterocycles. The van der Waals surface area contributed by atoms with Gasteiger partial charge >= 0.3 is 0 Å². The molecule has 2 aromatic carbocycles. The molecule has 6 nitrogen and oxygen atoms in total. The molecule has 0 bridgehead atoms. The molecule has 0 heterocycles. The van der Waals surface area contributed by atoms with Crippen LogP contribution in [0.2, 0.25) is 0 Å². The molecule has 2 aromatic rings. The van der Waals surface area contributed by atoms with Crippen LogP contribution in [0.5, 0.6) is 11.5 Å². The lowest BCUT2D eigenvalue weighted by atomic mass is 9.64. The first-order valence-electron chi connectivity index (χ1n) is 13.2. The summed E-state index contributed by atoms with van der Waals surface area (Å²) in [5.74, 6) is 0.832. The largest absolute Gasteiger partial charge is 0.507 e. The minimum Gasteiger partial charge on any atom is -0.507 e. The van der Waals surface area contributed by atoms with Crippen molar-refractivity contribution in [1.29, 1.82) is 0 Å². The number of phenolic OH excluding ortho intramolecular Hbond substituents is 2. The summed E-state index contributed by atoms with van der Waals surface area (Å²) in [7, 11) is 16.4. The summed E-state index contributed by atoms with van der Waals surface area (Å²) in [6, 6.07) is 9.02. The Kier molecular flexibility index (Phi) is 9.44. The first-order valence-corrected chi connectivity index (χ1v) is 13.2. The van der Waals surface area contributed by atoms with Gasteiger partial charge in [-0.3, -0.25) is 0 Å². The van der Waals surface area contributed by atoms with Crippen molar-refractivity contribution >= 4 is 0 Å². The molecule has 1 aliphatic rings. The van der Waals surface area contributed by atoms with Crippen molar-refractivity contribution in [3.05, 3.63) is 57.6 Å². The highest BCUT2D eigenvalue weighted by atomic mass is 16.3. The second-order valence-electron chi connectivity index (χ2n) is 11.9. The predicted octanol–water partition coefficient (Wildman–Crippen LogP) is 4.59. The lowest BCUT2D eigenvalue weighted by Gasteiger charge is -2.40. The molecule has 3 rings (SSSR count). The Labute approximate surface area is 219 Å². The summed E-state index contributed by atoms with van der Waals surface area (Å²) >= 11 is 0. The average Bonchev–Trinajstić information content (AvgIpc) is 2.78. The van der Waals surface area contributed by atoms with Crippen molar-refractivity contribution in [3.8, 4) is 11.5 Å². The van der Waals surface area contributed by atoms with Gasteiger partial charge in [-0.25, -0.2) is 0 Å². The van der Waals surface area contributed by atoms with Crippen molar-refractivity contribution in [2.45, 2.75) is 63.7 Å². The minimum absolute atomic E-state index is 0.135. The van der Waals surface area contributed by atoms with E-state index >= 15 is 0 Å². The van der Waals surface area contributed by atoms with E-state index in [2.05, 4.69) is 100 Å². The van der Waals surface area contributed by atoms with Gasteiger partial charge < -0.3 is 29.8 Å². The van der Waals surface area contributed by atoms with Gasteiger partial charge in [-0.05, 0) is 105 Å². The SMILES string of the molecule is CN(C)Cc1cc(C2(c3cc(CN(C)C)c(O)c(CN(C)C)c3)CCCCC2)cc(CN(C)C)c1O. The van der Waals surface area contributed by atoms with Gasteiger partial charge in [-0.15, -0.1) is 0 Å². The average molecular weight is 497 g/mol. The van der Waals surface area contributed by atoms with E-state index in [1.807, 2.05) is 0 Å². The van der Waals surface area contributed by atoms with Gasteiger partial charge in [0.15, 0.2) is 0 Å². The second-order valence-corrected chi connectivity index (χ2v) is 11.9. The van der Waals surface area contributed by atoms with E-state index in [1.54, 1.807) is 0 Å². The monoisotopic (exact) mass is 496 g/mol. The lowest BCUT2D eigenvalue weighted by Crippen LogP contribution is -2.32. The first kappa shape index (κ1) is 28.5. The van der Waals surface area contributed by atoms with Crippen LogP contribution in [0.1, 0.15) is 65.5 Å². The Morgan fingerprint density at radius 2 is 0.806 bits per heavy atom. The fourth-order valence-electron chi connectivity index (χ4n) is 5.82. The lowest BCUT2D eigenvalue weighted by molar-refractivity contribution is 0.335. The molecule has 1 fully saturated rings. The third-order valence-electron chi connectivity index (χ3n) is 7.29. The summed E-state index contributed by atoms with van der Waals surface area (Å²) in [5, 5.41) is 22.4. The fourth-order valence-corrected chi connectivity index (χ4v) is 5.82. The normalized spacial score (nSPS) is 16.0. The Bertz CT molecular complexity index is 886. The summed E-state index contributed by atoms with van der Waals surface area (Å²) in [6.45, 7) is 2.79. The molecule has 0 radical (unpaired) electrons. The van der Waals surface area contributed by atoms with Crippen molar-refractivity contribution in [1.82, 2.24) is 19.6 Å². The molecule has 0 spiro atoms. The molecular weight excluding hydrogens is 448 g/mol. The Balaban J connectivity index is 2.28. The minimum atomic E-state index is -0.135. The maximum atomic E-state index is 11.2. The number of nitrogens with zero attached hydrogens (tertiary/aromatic N) is 4. The quantitative estimate of drug-likeness (QED) is 0.502. The van der Waals surface area contributed by atoms with Gasteiger partial charge in [0.05, 0.1) is 0 Å². The number of benzene rings is 2. The summed E-state index contributed by atoms with van der Waals surface area (Å²) < 4.78 is 0. The molecule has 1 aliphatic carbocycles. The van der Waals surface area contributed by atoms with Crippen LogP contribution in [0.15, 0.2) is 24.3 Å². The van der Waals surface area contributed by atoms with E-state index in [9.17, 15) is 10.2 Å². The van der Waals surface area contributed by atoms with Gasteiger partial charge in [0.1, 0.15) is 11.5 Å². The molecule has 1 saturated carbocycles. The second kappa shape index (κ2) is 12.0. The molecular formula is C30H48N4O2. The maximum Gasteiger partial charge on any atom is 0.124 e. The van der Waals surface area contributed by atoms with Gasteiger partial charge in [0.25, 0.3) is 0 Å². The predicted molar refractivity (Wildman–Crippen MR) is 150 cm³/mol. The molecule has 0 aromatic heterocycles. The highest BCUT2D eigenvalue weighted by Gasteiger charge is 2.38. The van der Waals surface area contributed by atoms with E-state index in [0.717, 1.165) is 35.1 Å². The van der Waals surface area contributed by atoms with E-state index in [1.165, 1.54) is 30.4 Å². The van der Waals surface area contributed by atoms with E-state index in [4.69, 9.17) is 0 Å². The Morgan fingerprint density at radius 3 is 1.06 bits per heavy atom. The zero-order valence-electron chi connectivity index (χ0n) is 23.9. The van der Waals surface area contributed by atoms with Crippen LogP contribution in [-0.2, 0) is 31.6 Å². The van der Waals surface area contributed by atoms with Crippen LogP contribution in [-0.4, -0.2) is 86.2 Å². The third-order valence-corrected chi connectivity index (χ3v) is 7.29. The molecule has 2 N–H and O–H groups in total. The Hall–Kier alpha value is -2.12. The van der Waals surface area contributed by atoms with E-state index in [0.29, 0.717) is 37.7 Å². The Morgan fingerprint density at radius 1 is 0.528 bits per heavy atom. The van der Waals surface area contributed by atoms with E-state index < -0.39 is 0 Å². The van der Waals surface area contributed by atoms with Crippen molar-refractivity contribution in [3.63, 3.8) is 0 Å². The standard InChI is InChI=1S/C30H48N4O2/c1-31(2)18-22-14-26(15-23(28(22)35)19-32(3)4)30(12-10-9-11-13-30)27-16-24(20-33(5)6)29(36)25(17-27)21-34(7)8/h14-17,35-36H,9-13,18-21H2,1-8H3. The zero-order valence-corrected chi connectivity index (χ0v) is 23.9. The maximum absolute atomic E-state index is 11.2. The van der Waals surface area contributed by atoms with Gasteiger partial charge in [0, 0.05) is 53.8 Å².